The molecule has 0 atom stereocenters. The van der Waals surface area contributed by atoms with E-state index in [-0.39, 0.29) is 0 Å². The molecular weight excluding hydrogens is 945 g/mol. The highest BCUT2D eigenvalue weighted by Gasteiger charge is 2.26. The molecular formula is C76H46O2. The number of hydrogen-bond donors (Lipinski definition) is 0. The summed E-state index contributed by atoms with van der Waals surface area (Å²) in [5.41, 5.74) is 15.8. The molecule has 14 aromatic carbocycles. The van der Waals surface area contributed by atoms with Crippen LogP contribution >= 0.6 is 0 Å². The predicted octanol–water partition coefficient (Wildman–Crippen LogP) is 21.8. The molecule has 0 saturated carbocycles. The van der Waals surface area contributed by atoms with E-state index in [1.54, 1.807) is 0 Å². The van der Waals surface area contributed by atoms with E-state index in [1.807, 2.05) is 0 Å². The SMILES string of the molecule is c1ccc(-c2oc3ccccc3c2-c2c3ccccc3c(-c3ccc4c(-c5cccc6cc(-c7c8ccccc8c(-c8c(-c9ccccc9)oc9ccccc89)c8ccccc78)ccc56)cccc4c3)c3ccccc23)cc1. The van der Waals surface area contributed by atoms with Gasteiger partial charge in [-0.1, -0.05) is 255 Å². The number of rotatable bonds is 7. The summed E-state index contributed by atoms with van der Waals surface area (Å²) in [6.07, 6.45) is 0. The number of fused-ring (bicyclic) bond motifs is 8. The van der Waals surface area contributed by atoms with Crippen molar-refractivity contribution in [3.8, 4) is 78.3 Å². The van der Waals surface area contributed by atoms with Crippen LogP contribution in [0.4, 0.5) is 0 Å². The Morgan fingerprint density at radius 1 is 0.179 bits per heavy atom. The van der Waals surface area contributed by atoms with Gasteiger partial charge in [0.1, 0.15) is 22.7 Å². The molecule has 0 N–H and O–H groups in total. The Labute approximate surface area is 450 Å². The number of furan rings is 2. The minimum absolute atomic E-state index is 0.881. The third-order valence-electron chi connectivity index (χ3n) is 16.3. The predicted molar refractivity (Wildman–Crippen MR) is 329 cm³/mol. The fourth-order valence-corrected chi connectivity index (χ4v) is 12.9. The summed E-state index contributed by atoms with van der Waals surface area (Å²) in [6.45, 7) is 0. The van der Waals surface area contributed by atoms with Crippen LogP contribution in [0.25, 0.3) is 165 Å². The summed E-state index contributed by atoms with van der Waals surface area (Å²) in [4.78, 5) is 0. The van der Waals surface area contributed by atoms with E-state index in [4.69, 9.17) is 8.83 Å². The fourth-order valence-electron chi connectivity index (χ4n) is 12.9. The second-order valence-corrected chi connectivity index (χ2v) is 20.5. The molecule has 0 unspecified atom stereocenters. The number of para-hydroxylation sites is 2. The highest BCUT2D eigenvalue weighted by molar-refractivity contribution is 6.27. The third-order valence-corrected chi connectivity index (χ3v) is 16.3. The molecule has 0 aliphatic heterocycles. The molecule has 78 heavy (non-hydrogen) atoms. The smallest absolute Gasteiger partial charge is 0.143 e. The Hall–Kier alpha value is -10.3. The molecule has 0 saturated heterocycles. The zero-order chi connectivity index (χ0) is 51.3. The van der Waals surface area contributed by atoms with E-state index in [0.29, 0.717) is 0 Å². The zero-order valence-corrected chi connectivity index (χ0v) is 42.4. The molecule has 0 fully saturated rings. The van der Waals surface area contributed by atoms with Gasteiger partial charge in [0.05, 0.1) is 0 Å². The van der Waals surface area contributed by atoms with Gasteiger partial charge in [-0.2, -0.15) is 0 Å². The molecule has 0 spiro atoms. The van der Waals surface area contributed by atoms with Crippen LogP contribution in [0.2, 0.25) is 0 Å². The van der Waals surface area contributed by atoms with Gasteiger partial charge >= 0.3 is 0 Å². The van der Waals surface area contributed by atoms with E-state index in [2.05, 4.69) is 279 Å². The van der Waals surface area contributed by atoms with E-state index in [1.165, 1.54) is 109 Å². The molecule has 2 nitrogen and oxygen atoms in total. The van der Waals surface area contributed by atoms with Gasteiger partial charge in [-0.05, 0) is 122 Å². The minimum atomic E-state index is 0.881. The molecule has 0 radical (unpaired) electrons. The number of hydrogen-bond acceptors (Lipinski definition) is 2. The summed E-state index contributed by atoms with van der Waals surface area (Å²) in [5.74, 6) is 1.77. The van der Waals surface area contributed by atoms with Gasteiger partial charge in [0.15, 0.2) is 0 Å². The van der Waals surface area contributed by atoms with Gasteiger partial charge in [-0.3, -0.25) is 0 Å². The molecule has 16 rings (SSSR count). The lowest BCUT2D eigenvalue weighted by Gasteiger charge is -2.19. The van der Waals surface area contributed by atoms with Crippen LogP contribution in [0.15, 0.2) is 288 Å². The van der Waals surface area contributed by atoms with Gasteiger partial charge in [0, 0.05) is 44.2 Å². The van der Waals surface area contributed by atoms with Gasteiger partial charge in [-0.15, -0.1) is 0 Å². The van der Waals surface area contributed by atoms with Crippen LogP contribution in [0, 0.1) is 0 Å². The monoisotopic (exact) mass is 990 g/mol. The first-order valence-corrected chi connectivity index (χ1v) is 26.8. The van der Waals surface area contributed by atoms with Crippen molar-refractivity contribution in [1.82, 2.24) is 0 Å². The fraction of sp³-hybridized carbons (Fsp3) is 0. The van der Waals surface area contributed by atoms with E-state index >= 15 is 0 Å². The van der Waals surface area contributed by atoms with Crippen LogP contribution in [0.1, 0.15) is 0 Å². The maximum Gasteiger partial charge on any atom is 0.143 e. The summed E-state index contributed by atoms with van der Waals surface area (Å²) in [5, 5.41) is 16.6. The Morgan fingerprint density at radius 3 is 0.846 bits per heavy atom. The molecule has 2 aromatic heterocycles. The third kappa shape index (κ3) is 6.77. The van der Waals surface area contributed by atoms with Crippen LogP contribution in [0.5, 0.6) is 0 Å². The minimum Gasteiger partial charge on any atom is -0.455 e. The van der Waals surface area contributed by atoms with E-state index in [0.717, 1.165) is 55.7 Å². The van der Waals surface area contributed by atoms with Crippen molar-refractivity contribution < 1.29 is 8.83 Å². The lowest BCUT2D eigenvalue weighted by atomic mass is 9.83. The lowest BCUT2D eigenvalue weighted by Crippen LogP contribution is -1.92. The molecule has 362 valence electrons. The van der Waals surface area contributed by atoms with Crippen molar-refractivity contribution >= 4 is 86.6 Å². The van der Waals surface area contributed by atoms with Crippen molar-refractivity contribution in [3.63, 3.8) is 0 Å². The normalized spacial score (nSPS) is 11.8. The van der Waals surface area contributed by atoms with Gasteiger partial charge in [0.25, 0.3) is 0 Å². The first-order valence-electron chi connectivity index (χ1n) is 26.8. The maximum absolute atomic E-state index is 6.77. The molecule has 2 heteroatoms. The second kappa shape index (κ2) is 17.7. The summed E-state index contributed by atoms with van der Waals surface area (Å²) in [7, 11) is 0. The van der Waals surface area contributed by atoms with Crippen LogP contribution < -0.4 is 0 Å². The molecule has 0 aliphatic rings. The van der Waals surface area contributed by atoms with Gasteiger partial charge < -0.3 is 8.83 Å². The molecule has 0 bridgehead atoms. The highest BCUT2D eigenvalue weighted by atomic mass is 16.3. The summed E-state index contributed by atoms with van der Waals surface area (Å²) >= 11 is 0. The van der Waals surface area contributed by atoms with Gasteiger partial charge in [0.2, 0.25) is 0 Å². The zero-order valence-electron chi connectivity index (χ0n) is 42.4. The Bertz CT molecular complexity index is 4640. The standard InChI is InChI=1S/C76H46O2/c1-3-21-47(22-4-1)75-73(65-35-15-17-39-67(65)77-75)71-61-31-11-7-27-57(61)69(58-28-8-12-32-62(58)71)51-41-43-53-49(45-51)25-19-37-55(53)56-38-20-26-50-46-52(42-44-54(50)56)70-59-29-9-13-33-63(59)72(64-34-14-10-30-60(64)70)74-66-36-16-18-40-68(66)78-76(74)48-23-5-2-6-24-48/h1-46H. The average Bonchev–Trinajstić information content (AvgIpc) is 4.18. The van der Waals surface area contributed by atoms with Crippen molar-refractivity contribution in [2.75, 3.05) is 0 Å². The summed E-state index contributed by atoms with van der Waals surface area (Å²) < 4.78 is 13.5. The average molecular weight is 991 g/mol. The van der Waals surface area contributed by atoms with Crippen LogP contribution in [-0.2, 0) is 0 Å². The highest BCUT2D eigenvalue weighted by Crippen LogP contribution is 2.52. The Kier molecular flexibility index (Phi) is 9.98. The lowest BCUT2D eigenvalue weighted by molar-refractivity contribution is 0.632. The molecule has 16 aromatic rings. The van der Waals surface area contributed by atoms with E-state index in [9.17, 15) is 0 Å². The summed E-state index contributed by atoms with van der Waals surface area (Å²) in [6, 6.07) is 101. The van der Waals surface area contributed by atoms with E-state index < -0.39 is 0 Å². The molecule has 2 heterocycles. The topological polar surface area (TPSA) is 26.3 Å². The van der Waals surface area contributed by atoms with Crippen molar-refractivity contribution in [1.29, 1.82) is 0 Å². The van der Waals surface area contributed by atoms with Crippen molar-refractivity contribution in [2.45, 2.75) is 0 Å². The largest absolute Gasteiger partial charge is 0.455 e. The molecule has 0 aliphatic carbocycles. The Balaban J connectivity index is 0.843. The van der Waals surface area contributed by atoms with Crippen LogP contribution in [-0.4, -0.2) is 0 Å². The first-order chi connectivity index (χ1) is 38.7. The molecule has 0 amide bonds. The quantitative estimate of drug-likeness (QED) is 0.149. The van der Waals surface area contributed by atoms with Crippen molar-refractivity contribution in [3.05, 3.63) is 279 Å². The second-order valence-electron chi connectivity index (χ2n) is 20.5. The Morgan fingerprint density at radius 2 is 0.487 bits per heavy atom. The van der Waals surface area contributed by atoms with Gasteiger partial charge in [-0.25, -0.2) is 0 Å². The van der Waals surface area contributed by atoms with Crippen molar-refractivity contribution in [2.24, 2.45) is 0 Å². The maximum atomic E-state index is 6.77. The van der Waals surface area contributed by atoms with Crippen LogP contribution in [0.3, 0.4) is 0 Å². The number of benzene rings is 14. The first kappa shape index (κ1) is 44.1.